The zero-order chi connectivity index (χ0) is 15.7. The van der Waals surface area contributed by atoms with E-state index < -0.39 is 18.0 Å². The van der Waals surface area contributed by atoms with E-state index in [9.17, 15) is 9.59 Å². The molecule has 0 aliphatic rings. The molecule has 5 nitrogen and oxygen atoms in total. The summed E-state index contributed by atoms with van der Waals surface area (Å²) < 4.78 is 0. The van der Waals surface area contributed by atoms with E-state index in [-0.39, 0.29) is 0 Å². The number of aliphatic carboxylic acids is 1. The fourth-order valence-electron chi connectivity index (χ4n) is 1.95. The first-order chi connectivity index (χ1) is 10.1. The second-order valence-electron chi connectivity index (χ2n) is 4.62. The Labute approximate surface area is 129 Å². The van der Waals surface area contributed by atoms with E-state index in [1.165, 1.54) is 5.56 Å². The van der Waals surface area contributed by atoms with Gasteiger partial charge in [-0.1, -0.05) is 31.2 Å². The van der Waals surface area contributed by atoms with E-state index in [0.29, 0.717) is 18.7 Å². The summed E-state index contributed by atoms with van der Waals surface area (Å²) in [7, 11) is 0. The number of urea groups is 1. The topological polar surface area (TPSA) is 78.4 Å². The van der Waals surface area contributed by atoms with Gasteiger partial charge in [0, 0.05) is 6.54 Å². The minimum absolute atomic E-state index is 0.394. The molecule has 0 saturated carbocycles. The summed E-state index contributed by atoms with van der Waals surface area (Å²) in [5.41, 5.74) is 2.22. The van der Waals surface area contributed by atoms with Crippen molar-refractivity contribution in [1.29, 1.82) is 0 Å². The van der Waals surface area contributed by atoms with Crippen LogP contribution in [0.2, 0.25) is 0 Å². The fourth-order valence-corrected chi connectivity index (χ4v) is 2.42. The molecule has 21 heavy (non-hydrogen) atoms. The zero-order valence-electron chi connectivity index (χ0n) is 12.4. The average molecular weight is 310 g/mol. The number of nitrogens with one attached hydrogen (secondary N) is 2. The number of carbonyl (C=O) groups excluding carboxylic acids is 1. The van der Waals surface area contributed by atoms with E-state index in [4.69, 9.17) is 5.11 Å². The molecule has 0 fully saturated rings. The van der Waals surface area contributed by atoms with Crippen molar-refractivity contribution in [2.45, 2.75) is 32.4 Å². The van der Waals surface area contributed by atoms with Gasteiger partial charge in [-0.25, -0.2) is 9.59 Å². The third-order valence-corrected chi connectivity index (χ3v) is 3.80. The molecule has 0 spiro atoms. The lowest BCUT2D eigenvalue weighted by Crippen LogP contribution is -2.46. The van der Waals surface area contributed by atoms with E-state index >= 15 is 0 Å². The van der Waals surface area contributed by atoms with Crippen molar-refractivity contribution >= 4 is 23.8 Å². The first-order valence-corrected chi connectivity index (χ1v) is 8.30. The van der Waals surface area contributed by atoms with Gasteiger partial charge in [0.1, 0.15) is 6.04 Å². The van der Waals surface area contributed by atoms with E-state index in [1.807, 2.05) is 30.5 Å². The standard InChI is InChI=1S/C15H22N2O3S/c1-3-11-6-4-5-7-12(11)10-16-15(20)17-13(14(18)19)8-9-21-2/h4-7,13H,3,8-10H2,1-2H3,(H,18,19)(H2,16,17,20). The number of amides is 2. The number of hydrogen-bond donors (Lipinski definition) is 3. The van der Waals surface area contributed by atoms with Crippen LogP contribution in [0.25, 0.3) is 0 Å². The van der Waals surface area contributed by atoms with Gasteiger partial charge in [-0.3, -0.25) is 0 Å². The second kappa shape index (κ2) is 9.28. The number of hydrogen-bond acceptors (Lipinski definition) is 3. The minimum atomic E-state index is -1.01. The van der Waals surface area contributed by atoms with Crippen LogP contribution in [-0.4, -0.2) is 35.2 Å². The van der Waals surface area contributed by atoms with Crippen molar-refractivity contribution in [3.8, 4) is 0 Å². The predicted molar refractivity (Wildman–Crippen MR) is 85.6 cm³/mol. The minimum Gasteiger partial charge on any atom is -0.480 e. The quantitative estimate of drug-likeness (QED) is 0.688. The van der Waals surface area contributed by atoms with E-state index in [1.54, 1.807) is 11.8 Å². The zero-order valence-corrected chi connectivity index (χ0v) is 13.2. The predicted octanol–water partition coefficient (Wildman–Crippen LogP) is 2.25. The Morgan fingerprint density at radius 2 is 1.95 bits per heavy atom. The molecule has 3 N–H and O–H groups in total. The summed E-state index contributed by atoms with van der Waals surface area (Å²) in [6.07, 6.45) is 3.21. The van der Waals surface area contributed by atoms with Crippen molar-refractivity contribution in [3.63, 3.8) is 0 Å². The number of carboxylic acid groups (broad SMARTS) is 1. The second-order valence-corrected chi connectivity index (χ2v) is 5.61. The first-order valence-electron chi connectivity index (χ1n) is 6.91. The number of carbonyl (C=O) groups is 2. The van der Waals surface area contributed by atoms with Gasteiger partial charge >= 0.3 is 12.0 Å². The van der Waals surface area contributed by atoms with Crippen molar-refractivity contribution in [3.05, 3.63) is 35.4 Å². The molecule has 0 aromatic heterocycles. The number of carboxylic acids is 1. The van der Waals surface area contributed by atoms with Crippen LogP contribution in [0.15, 0.2) is 24.3 Å². The highest BCUT2D eigenvalue weighted by atomic mass is 32.2. The van der Waals surface area contributed by atoms with Gasteiger partial charge in [0.05, 0.1) is 0 Å². The molecule has 0 bridgehead atoms. The fraction of sp³-hybridized carbons (Fsp3) is 0.467. The molecule has 2 amide bonds. The SMILES string of the molecule is CCc1ccccc1CNC(=O)NC(CCSC)C(=O)O. The molecule has 116 valence electrons. The summed E-state index contributed by atoms with van der Waals surface area (Å²) in [5, 5.41) is 14.3. The Morgan fingerprint density at radius 3 is 2.52 bits per heavy atom. The van der Waals surface area contributed by atoms with Crippen molar-refractivity contribution in [2.24, 2.45) is 0 Å². The molecule has 1 aromatic rings. The summed E-state index contributed by atoms with van der Waals surface area (Å²) in [6, 6.07) is 6.57. The van der Waals surface area contributed by atoms with Crippen LogP contribution in [0.3, 0.4) is 0 Å². The largest absolute Gasteiger partial charge is 0.480 e. The molecule has 1 atom stereocenters. The highest BCUT2D eigenvalue weighted by molar-refractivity contribution is 7.98. The van der Waals surface area contributed by atoms with Crippen molar-refractivity contribution in [2.75, 3.05) is 12.0 Å². The molecule has 6 heteroatoms. The summed E-state index contributed by atoms with van der Waals surface area (Å²) in [4.78, 5) is 22.9. The molecule has 1 aromatic carbocycles. The monoisotopic (exact) mass is 310 g/mol. The lowest BCUT2D eigenvalue weighted by Gasteiger charge is -2.15. The lowest BCUT2D eigenvalue weighted by molar-refractivity contribution is -0.139. The van der Waals surface area contributed by atoms with Crippen LogP contribution in [0.1, 0.15) is 24.5 Å². The molecular formula is C15H22N2O3S. The molecule has 1 unspecified atom stereocenters. The summed E-state index contributed by atoms with van der Waals surface area (Å²) in [5.74, 6) is -0.316. The van der Waals surface area contributed by atoms with Gasteiger partial charge in [-0.2, -0.15) is 11.8 Å². The van der Waals surface area contributed by atoms with E-state index in [2.05, 4.69) is 17.6 Å². The Bertz CT molecular complexity index is 480. The van der Waals surface area contributed by atoms with Crippen LogP contribution in [-0.2, 0) is 17.8 Å². The van der Waals surface area contributed by atoms with Gasteiger partial charge in [0.2, 0.25) is 0 Å². The van der Waals surface area contributed by atoms with Crippen LogP contribution in [0.4, 0.5) is 4.79 Å². The Morgan fingerprint density at radius 1 is 1.29 bits per heavy atom. The van der Waals surface area contributed by atoms with Crippen LogP contribution in [0.5, 0.6) is 0 Å². The molecule has 0 saturated heterocycles. The molecular weight excluding hydrogens is 288 g/mol. The maximum atomic E-state index is 11.8. The van der Waals surface area contributed by atoms with Crippen LogP contribution in [0, 0.1) is 0 Å². The normalized spacial score (nSPS) is 11.7. The number of benzene rings is 1. The third kappa shape index (κ3) is 6.08. The smallest absolute Gasteiger partial charge is 0.326 e. The van der Waals surface area contributed by atoms with Crippen LogP contribution < -0.4 is 10.6 Å². The molecule has 0 heterocycles. The Balaban J connectivity index is 2.50. The highest BCUT2D eigenvalue weighted by Crippen LogP contribution is 2.09. The van der Waals surface area contributed by atoms with Crippen LogP contribution >= 0.6 is 11.8 Å². The maximum absolute atomic E-state index is 11.8. The van der Waals surface area contributed by atoms with Gasteiger partial charge in [-0.05, 0) is 36.0 Å². The van der Waals surface area contributed by atoms with Crippen molar-refractivity contribution < 1.29 is 14.7 Å². The average Bonchev–Trinajstić information content (AvgIpc) is 2.49. The van der Waals surface area contributed by atoms with Gasteiger partial charge in [0.25, 0.3) is 0 Å². The number of aryl methyl sites for hydroxylation is 1. The van der Waals surface area contributed by atoms with Crippen molar-refractivity contribution in [1.82, 2.24) is 10.6 Å². The number of rotatable bonds is 8. The van der Waals surface area contributed by atoms with Gasteiger partial charge < -0.3 is 15.7 Å². The van der Waals surface area contributed by atoms with E-state index in [0.717, 1.165) is 12.0 Å². The Kier molecular flexibility index (Phi) is 7.68. The van der Waals surface area contributed by atoms with Gasteiger partial charge in [-0.15, -0.1) is 0 Å². The highest BCUT2D eigenvalue weighted by Gasteiger charge is 2.19. The third-order valence-electron chi connectivity index (χ3n) is 3.15. The Hall–Kier alpha value is -1.69. The molecule has 0 radical (unpaired) electrons. The van der Waals surface area contributed by atoms with Gasteiger partial charge in [0.15, 0.2) is 0 Å². The lowest BCUT2D eigenvalue weighted by atomic mass is 10.1. The summed E-state index contributed by atoms with van der Waals surface area (Å²) >= 11 is 1.55. The molecule has 1 rings (SSSR count). The first kappa shape index (κ1) is 17.4. The summed E-state index contributed by atoms with van der Waals surface area (Å²) in [6.45, 7) is 2.45. The number of thioether (sulfide) groups is 1. The maximum Gasteiger partial charge on any atom is 0.326 e. The molecule has 0 aliphatic heterocycles. The molecule has 0 aliphatic carbocycles.